The largest absolute Gasteiger partial charge is 0.475 e. The molecule has 9 nitrogen and oxygen atoms in total. The average Bonchev–Trinajstić information content (AvgIpc) is 3.55. The number of benzene rings is 2. The number of thiazole rings is 1. The number of fused-ring (bicyclic) bond motifs is 1. The van der Waals surface area contributed by atoms with Crippen LogP contribution in [0, 0.1) is 0 Å². The van der Waals surface area contributed by atoms with Crippen LogP contribution >= 0.6 is 11.3 Å². The minimum atomic E-state index is -0.660. The Hall–Kier alpha value is -4.25. The van der Waals surface area contributed by atoms with Crippen LogP contribution in [0.4, 0.5) is 5.69 Å². The smallest absolute Gasteiger partial charge is 0.274 e. The first kappa shape index (κ1) is 25.1. The number of aromatic nitrogens is 4. The third kappa shape index (κ3) is 5.63. The van der Waals surface area contributed by atoms with Crippen molar-refractivity contribution in [3.8, 4) is 27.8 Å². The summed E-state index contributed by atoms with van der Waals surface area (Å²) in [5.41, 5.74) is 3.15. The van der Waals surface area contributed by atoms with E-state index in [9.17, 15) is 4.79 Å². The summed E-state index contributed by atoms with van der Waals surface area (Å²) in [7, 11) is 0. The standard InChI is InChI=1S/C29H25N5O4S/c1-29(2)37-17-19(38-29)16-36-24-15-23(31-25(34-24)18-9-4-3-5-10-18)26(35)32-21-12-7-6-11-20(21)27-33-22-13-8-14-30-28(22)39-27/h3-15,19H,16-17H2,1-2H3,(H,32,35)/t19-/m0/s1. The molecule has 1 aliphatic rings. The van der Waals surface area contributed by atoms with Crippen molar-refractivity contribution in [2.45, 2.75) is 25.7 Å². The summed E-state index contributed by atoms with van der Waals surface area (Å²) in [5, 5.41) is 3.76. The summed E-state index contributed by atoms with van der Waals surface area (Å²) in [5.74, 6) is -0.402. The molecule has 5 aromatic rings. The van der Waals surface area contributed by atoms with Crippen LogP contribution in [-0.2, 0) is 9.47 Å². The Morgan fingerprint density at radius 3 is 2.67 bits per heavy atom. The van der Waals surface area contributed by atoms with Gasteiger partial charge in [-0.05, 0) is 38.1 Å². The van der Waals surface area contributed by atoms with E-state index < -0.39 is 11.7 Å². The van der Waals surface area contributed by atoms with Gasteiger partial charge in [-0.3, -0.25) is 4.79 Å². The van der Waals surface area contributed by atoms with E-state index in [1.54, 1.807) is 6.20 Å². The summed E-state index contributed by atoms with van der Waals surface area (Å²) < 4.78 is 17.4. The SMILES string of the molecule is CC1(C)OC[C@H](COc2cc(C(=O)Nc3ccccc3-c3nc4cccnc4s3)nc(-c3ccccc3)n2)O1. The molecule has 3 aromatic heterocycles. The first-order chi connectivity index (χ1) is 18.9. The second-order valence-electron chi connectivity index (χ2n) is 9.39. The maximum absolute atomic E-state index is 13.5. The summed E-state index contributed by atoms with van der Waals surface area (Å²) in [6.07, 6.45) is 1.49. The molecule has 1 atom stereocenters. The van der Waals surface area contributed by atoms with Crippen LogP contribution in [-0.4, -0.2) is 50.9 Å². The van der Waals surface area contributed by atoms with E-state index in [0.29, 0.717) is 18.1 Å². The maximum Gasteiger partial charge on any atom is 0.274 e. The molecule has 0 bridgehead atoms. The Balaban J connectivity index is 1.29. The second kappa shape index (κ2) is 10.5. The van der Waals surface area contributed by atoms with Crippen LogP contribution in [0.25, 0.3) is 32.3 Å². The van der Waals surface area contributed by atoms with Crippen molar-refractivity contribution in [3.05, 3.63) is 84.7 Å². The van der Waals surface area contributed by atoms with Gasteiger partial charge in [0.05, 0.1) is 12.3 Å². The lowest BCUT2D eigenvalue weighted by molar-refractivity contribution is -0.141. The lowest BCUT2D eigenvalue weighted by Crippen LogP contribution is -2.25. The van der Waals surface area contributed by atoms with Crippen molar-refractivity contribution in [3.63, 3.8) is 0 Å². The van der Waals surface area contributed by atoms with Gasteiger partial charge < -0.3 is 19.5 Å². The number of hydrogen-bond acceptors (Lipinski definition) is 9. The van der Waals surface area contributed by atoms with Gasteiger partial charge in [0.15, 0.2) is 11.6 Å². The van der Waals surface area contributed by atoms with Crippen LogP contribution in [0.15, 0.2) is 79.0 Å². The number of amides is 1. The lowest BCUT2D eigenvalue weighted by atomic mass is 10.1. The molecule has 0 radical (unpaired) electrons. The van der Waals surface area contributed by atoms with Crippen molar-refractivity contribution in [2.75, 3.05) is 18.5 Å². The molecule has 0 saturated carbocycles. The van der Waals surface area contributed by atoms with E-state index in [1.165, 1.54) is 17.4 Å². The van der Waals surface area contributed by atoms with Crippen molar-refractivity contribution in [1.29, 1.82) is 0 Å². The Morgan fingerprint density at radius 2 is 1.87 bits per heavy atom. The Kier molecular flexibility index (Phi) is 6.74. The predicted octanol–water partition coefficient (Wildman–Crippen LogP) is 5.60. The maximum atomic E-state index is 13.5. The van der Waals surface area contributed by atoms with Gasteiger partial charge in [-0.15, -0.1) is 0 Å². The van der Waals surface area contributed by atoms with Gasteiger partial charge in [-0.2, -0.15) is 4.98 Å². The summed E-state index contributed by atoms with van der Waals surface area (Å²) in [4.78, 5) is 32.6. The molecule has 2 aromatic carbocycles. The number of rotatable bonds is 7. The van der Waals surface area contributed by atoms with Crippen molar-refractivity contribution in [2.24, 2.45) is 0 Å². The number of carbonyl (C=O) groups is 1. The van der Waals surface area contributed by atoms with E-state index in [0.717, 1.165) is 26.5 Å². The molecule has 1 saturated heterocycles. The van der Waals surface area contributed by atoms with Gasteiger partial charge >= 0.3 is 0 Å². The molecule has 6 rings (SSSR count). The highest BCUT2D eigenvalue weighted by atomic mass is 32.1. The highest BCUT2D eigenvalue weighted by molar-refractivity contribution is 7.21. The lowest BCUT2D eigenvalue weighted by Gasteiger charge is -2.17. The van der Waals surface area contributed by atoms with Gasteiger partial charge in [0.1, 0.15) is 33.8 Å². The van der Waals surface area contributed by atoms with E-state index >= 15 is 0 Å². The first-order valence-corrected chi connectivity index (χ1v) is 13.3. The summed E-state index contributed by atoms with van der Waals surface area (Å²) in [6.45, 7) is 4.35. The number of hydrogen-bond donors (Lipinski definition) is 1. The van der Waals surface area contributed by atoms with Crippen LogP contribution in [0.1, 0.15) is 24.3 Å². The molecule has 39 heavy (non-hydrogen) atoms. The van der Waals surface area contributed by atoms with Gasteiger partial charge in [-0.25, -0.2) is 15.0 Å². The molecule has 1 fully saturated rings. The molecule has 196 valence electrons. The molecule has 0 spiro atoms. The molecule has 0 unspecified atom stereocenters. The zero-order valence-corrected chi connectivity index (χ0v) is 22.1. The van der Waals surface area contributed by atoms with E-state index in [2.05, 4.69) is 20.3 Å². The molecule has 10 heteroatoms. The number of nitrogens with zero attached hydrogens (tertiary/aromatic N) is 4. The molecule has 1 amide bonds. The highest BCUT2D eigenvalue weighted by Gasteiger charge is 2.33. The number of para-hydroxylation sites is 1. The fourth-order valence-electron chi connectivity index (χ4n) is 4.21. The molecule has 0 aliphatic carbocycles. The topological polar surface area (TPSA) is 108 Å². The Labute approximate surface area is 228 Å². The minimum Gasteiger partial charge on any atom is -0.475 e. The van der Waals surface area contributed by atoms with E-state index in [1.807, 2.05) is 80.6 Å². The van der Waals surface area contributed by atoms with Gasteiger partial charge in [-0.1, -0.05) is 53.8 Å². The average molecular weight is 540 g/mol. The number of carbonyl (C=O) groups excluding carboxylic acids is 1. The Bertz CT molecular complexity index is 1610. The number of nitrogens with one attached hydrogen (secondary N) is 1. The zero-order chi connectivity index (χ0) is 26.8. The minimum absolute atomic E-state index is 0.170. The van der Waals surface area contributed by atoms with Gasteiger partial charge in [0.25, 0.3) is 5.91 Å². The molecule has 4 heterocycles. The van der Waals surface area contributed by atoms with E-state index in [-0.39, 0.29) is 24.3 Å². The monoisotopic (exact) mass is 539 g/mol. The van der Waals surface area contributed by atoms with Crippen LogP contribution in [0.5, 0.6) is 5.88 Å². The second-order valence-corrected chi connectivity index (χ2v) is 10.4. The van der Waals surface area contributed by atoms with Crippen molar-refractivity contribution in [1.82, 2.24) is 19.9 Å². The highest BCUT2D eigenvalue weighted by Crippen LogP contribution is 2.34. The molecule has 1 N–H and O–H groups in total. The number of pyridine rings is 1. The molecular weight excluding hydrogens is 514 g/mol. The fraction of sp³-hybridized carbons (Fsp3) is 0.207. The van der Waals surface area contributed by atoms with Gasteiger partial charge in [0, 0.05) is 23.4 Å². The fourth-order valence-corrected chi connectivity index (χ4v) is 5.15. The number of ether oxygens (including phenoxy) is 3. The molecular formula is C29H25N5O4S. The predicted molar refractivity (Wildman–Crippen MR) is 149 cm³/mol. The van der Waals surface area contributed by atoms with Crippen molar-refractivity contribution >= 4 is 33.3 Å². The van der Waals surface area contributed by atoms with E-state index in [4.69, 9.17) is 19.2 Å². The van der Waals surface area contributed by atoms with Gasteiger partial charge in [0.2, 0.25) is 5.88 Å². The van der Waals surface area contributed by atoms with Crippen LogP contribution < -0.4 is 10.1 Å². The third-order valence-electron chi connectivity index (χ3n) is 6.02. The summed E-state index contributed by atoms with van der Waals surface area (Å²) in [6, 6.07) is 22.3. The van der Waals surface area contributed by atoms with Crippen molar-refractivity contribution < 1.29 is 19.0 Å². The normalized spacial score (nSPS) is 16.3. The Morgan fingerprint density at radius 1 is 1.05 bits per heavy atom. The first-order valence-electron chi connectivity index (χ1n) is 12.4. The van der Waals surface area contributed by atoms with Crippen LogP contribution in [0.3, 0.4) is 0 Å². The molecule has 1 aliphatic heterocycles. The third-order valence-corrected chi connectivity index (χ3v) is 7.04. The van der Waals surface area contributed by atoms with Crippen LogP contribution in [0.2, 0.25) is 0 Å². The summed E-state index contributed by atoms with van der Waals surface area (Å²) >= 11 is 1.47. The quantitative estimate of drug-likeness (QED) is 0.285. The zero-order valence-electron chi connectivity index (χ0n) is 21.3. The number of anilines is 1.